The Morgan fingerprint density at radius 3 is 2.15 bits per heavy atom. The van der Waals surface area contributed by atoms with Crippen molar-refractivity contribution in [1.82, 2.24) is 14.9 Å². The van der Waals surface area contributed by atoms with E-state index in [0.717, 1.165) is 12.1 Å². The molecule has 0 atom stereocenters. The summed E-state index contributed by atoms with van der Waals surface area (Å²) in [5.74, 6) is 0.629. The lowest BCUT2D eigenvalue weighted by atomic mass is 10.1. The average molecular weight is 331 g/mol. The summed E-state index contributed by atoms with van der Waals surface area (Å²) in [5, 5.41) is 1.22. The Balaban J connectivity index is 2.39. The molecule has 3 nitrogen and oxygen atoms in total. The van der Waals surface area contributed by atoms with E-state index in [9.17, 15) is 0 Å². The van der Waals surface area contributed by atoms with Crippen LogP contribution in [0.4, 0.5) is 0 Å². The van der Waals surface area contributed by atoms with Crippen molar-refractivity contribution in [2.24, 2.45) is 0 Å². The molecule has 2 aromatic rings. The van der Waals surface area contributed by atoms with E-state index in [4.69, 9.17) is 34.8 Å². The third kappa shape index (κ3) is 3.61. The number of nitrogens with zero attached hydrogens (tertiary/aromatic N) is 3. The van der Waals surface area contributed by atoms with Crippen molar-refractivity contribution in [2.75, 3.05) is 20.6 Å². The normalized spacial score (nSPS) is 11.1. The largest absolute Gasteiger partial charge is 0.309 e. The van der Waals surface area contributed by atoms with Crippen LogP contribution in [0.1, 0.15) is 5.82 Å². The van der Waals surface area contributed by atoms with E-state index in [1.54, 1.807) is 6.07 Å². The summed E-state index contributed by atoms with van der Waals surface area (Å²) in [6.45, 7) is 0.831. The van der Waals surface area contributed by atoms with E-state index in [1.165, 1.54) is 0 Å². The van der Waals surface area contributed by atoms with Gasteiger partial charge in [0.1, 0.15) is 16.1 Å². The van der Waals surface area contributed by atoms with E-state index >= 15 is 0 Å². The number of halogens is 3. The number of hydrogen-bond donors (Lipinski definition) is 0. The van der Waals surface area contributed by atoms with Crippen LogP contribution < -0.4 is 0 Å². The summed E-state index contributed by atoms with van der Waals surface area (Å²) in [4.78, 5) is 10.7. The summed E-state index contributed by atoms with van der Waals surface area (Å²) >= 11 is 18.7. The molecule has 0 fully saturated rings. The summed E-state index contributed by atoms with van der Waals surface area (Å²) in [6.07, 6.45) is 0.690. The second-order valence-electron chi connectivity index (χ2n) is 4.63. The zero-order chi connectivity index (χ0) is 14.7. The van der Waals surface area contributed by atoms with Gasteiger partial charge in [0.15, 0.2) is 0 Å². The first-order chi connectivity index (χ1) is 9.49. The first kappa shape index (κ1) is 15.5. The van der Waals surface area contributed by atoms with Crippen molar-refractivity contribution in [3.63, 3.8) is 0 Å². The van der Waals surface area contributed by atoms with E-state index in [2.05, 4.69) is 9.97 Å². The predicted octanol–water partition coefficient (Wildman–Crippen LogP) is 4.21. The fraction of sp³-hybridized carbons (Fsp3) is 0.286. The van der Waals surface area contributed by atoms with E-state index in [-0.39, 0.29) is 0 Å². The highest BCUT2D eigenvalue weighted by Crippen LogP contribution is 2.36. The number of aromatic nitrogens is 2. The van der Waals surface area contributed by atoms with Gasteiger partial charge in [-0.15, -0.1) is 0 Å². The predicted molar refractivity (Wildman–Crippen MR) is 84.8 cm³/mol. The molecule has 1 aromatic carbocycles. The first-order valence-corrected chi connectivity index (χ1v) is 7.24. The van der Waals surface area contributed by atoms with Gasteiger partial charge in [-0.05, 0) is 20.2 Å². The molecule has 0 unspecified atom stereocenters. The molecule has 0 bridgehead atoms. The molecule has 0 radical (unpaired) electrons. The lowest BCUT2D eigenvalue weighted by Gasteiger charge is -2.11. The molecule has 106 valence electrons. The first-order valence-electron chi connectivity index (χ1n) is 6.10. The minimum absolute atomic E-state index is 0.326. The molecule has 1 heterocycles. The van der Waals surface area contributed by atoms with Crippen LogP contribution >= 0.6 is 34.8 Å². The molecule has 2 rings (SSSR count). The second-order valence-corrected chi connectivity index (χ2v) is 5.75. The Bertz CT molecular complexity index is 591. The Kier molecular flexibility index (Phi) is 5.22. The van der Waals surface area contributed by atoms with Crippen molar-refractivity contribution in [2.45, 2.75) is 6.42 Å². The number of hydrogen-bond acceptors (Lipinski definition) is 3. The lowest BCUT2D eigenvalue weighted by molar-refractivity contribution is 0.409. The molecule has 0 aliphatic carbocycles. The molecule has 0 aliphatic heterocycles. The fourth-order valence-corrected chi connectivity index (χ4v) is 2.63. The molecular formula is C14H14Cl3N3. The Morgan fingerprint density at radius 1 is 1.00 bits per heavy atom. The minimum atomic E-state index is 0.326. The Hall–Kier alpha value is -0.870. The van der Waals surface area contributed by atoms with Crippen LogP contribution in [0.2, 0.25) is 15.3 Å². The SMILES string of the molecule is CN(C)CCc1nc(Cl)c(-c2ccccc2Cl)c(Cl)n1. The highest BCUT2D eigenvalue weighted by molar-refractivity contribution is 6.40. The third-order valence-corrected chi connectivity index (χ3v) is 3.67. The second kappa shape index (κ2) is 6.72. The summed E-state index contributed by atoms with van der Waals surface area (Å²) in [7, 11) is 3.97. The van der Waals surface area contributed by atoms with Gasteiger partial charge in [-0.1, -0.05) is 53.0 Å². The molecule has 6 heteroatoms. The van der Waals surface area contributed by atoms with E-state index < -0.39 is 0 Å². The maximum atomic E-state index is 6.25. The topological polar surface area (TPSA) is 29.0 Å². The Morgan fingerprint density at radius 2 is 1.60 bits per heavy atom. The molecular weight excluding hydrogens is 317 g/mol. The smallest absolute Gasteiger partial charge is 0.142 e. The molecule has 0 saturated carbocycles. The summed E-state index contributed by atoms with van der Waals surface area (Å²) in [6, 6.07) is 7.34. The third-order valence-electron chi connectivity index (χ3n) is 2.79. The van der Waals surface area contributed by atoms with Gasteiger partial charge in [-0.2, -0.15) is 0 Å². The van der Waals surface area contributed by atoms with Gasteiger partial charge in [0.2, 0.25) is 0 Å². The molecule has 0 aliphatic rings. The molecule has 0 amide bonds. The van der Waals surface area contributed by atoms with Gasteiger partial charge < -0.3 is 4.90 Å². The molecule has 0 N–H and O–H groups in total. The van der Waals surface area contributed by atoms with Gasteiger partial charge >= 0.3 is 0 Å². The number of likely N-dealkylation sites (N-methyl/N-ethyl adjacent to an activating group) is 1. The van der Waals surface area contributed by atoms with Crippen molar-refractivity contribution >= 4 is 34.8 Å². The van der Waals surface area contributed by atoms with Crippen molar-refractivity contribution < 1.29 is 0 Å². The van der Waals surface area contributed by atoms with Gasteiger partial charge in [0, 0.05) is 23.6 Å². The Labute approximate surface area is 133 Å². The summed E-state index contributed by atoms with van der Waals surface area (Å²) in [5.41, 5.74) is 1.32. The van der Waals surface area contributed by atoms with Gasteiger partial charge in [-0.3, -0.25) is 0 Å². The van der Waals surface area contributed by atoms with Gasteiger partial charge in [0.05, 0.1) is 5.56 Å². The van der Waals surface area contributed by atoms with Crippen LogP contribution in [0.3, 0.4) is 0 Å². The minimum Gasteiger partial charge on any atom is -0.309 e. The quantitative estimate of drug-likeness (QED) is 0.786. The lowest BCUT2D eigenvalue weighted by Crippen LogP contribution is -2.16. The highest BCUT2D eigenvalue weighted by atomic mass is 35.5. The van der Waals surface area contributed by atoms with Crippen LogP contribution in [0, 0.1) is 0 Å². The van der Waals surface area contributed by atoms with Crippen molar-refractivity contribution in [3.8, 4) is 11.1 Å². The van der Waals surface area contributed by atoms with Crippen LogP contribution in [-0.2, 0) is 6.42 Å². The van der Waals surface area contributed by atoms with Crippen molar-refractivity contribution in [3.05, 3.63) is 45.4 Å². The van der Waals surface area contributed by atoms with Gasteiger partial charge in [-0.25, -0.2) is 9.97 Å². The zero-order valence-corrected chi connectivity index (χ0v) is 13.5. The van der Waals surface area contributed by atoms with Crippen LogP contribution in [0.5, 0.6) is 0 Å². The maximum absolute atomic E-state index is 6.25. The molecule has 0 spiro atoms. The standard InChI is InChI=1S/C14H14Cl3N3/c1-20(2)8-7-11-18-13(16)12(14(17)19-11)9-5-3-4-6-10(9)15/h3-6H,7-8H2,1-2H3. The summed E-state index contributed by atoms with van der Waals surface area (Å²) < 4.78 is 0. The van der Waals surface area contributed by atoms with Crippen LogP contribution in [-0.4, -0.2) is 35.5 Å². The maximum Gasteiger partial charge on any atom is 0.142 e. The highest BCUT2D eigenvalue weighted by Gasteiger charge is 2.15. The van der Waals surface area contributed by atoms with Crippen LogP contribution in [0.25, 0.3) is 11.1 Å². The van der Waals surface area contributed by atoms with Crippen molar-refractivity contribution in [1.29, 1.82) is 0 Å². The van der Waals surface area contributed by atoms with E-state index in [1.807, 2.05) is 37.2 Å². The average Bonchev–Trinajstić information content (AvgIpc) is 2.38. The monoisotopic (exact) mass is 329 g/mol. The zero-order valence-electron chi connectivity index (χ0n) is 11.2. The van der Waals surface area contributed by atoms with Gasteiger partial charge in [0.25, 0.3) is 0 Å². The van der Waals surface area contributed by atoms with Crippen LogP contribution in [0.15, 0.2) is 24.3 Å². The molecule has 0 saturated heterocycles. The van der Waals surface area contributed by atoms with E-state index in [0.29, 0.717) is 33.1 Å². The molecule has 1 aromatic heterocycles. The number of benzene rings is 1. The fourth-order valence-electron chi connectivity index (χ4n) is 1.77. The number of rotatable bonds is 4. The molecule has 20 heavy (non-hydrogen) atoms.